The summed E-state index contributed by atoms with van der Waals surface area (Å²) in [4.78, 5) is 32.3. The van der Waals surface area contributed by atoms with Crippen LogP contribution in [0.4, 0.5) is 4.39 Å². The van der Waals surface area contributed by atoms with E-state index in [0.29, 0.717) is 18.4 Å². The van der Waals surface area contributed by atoms with Crippen LogP contribution in [0.15, 0.2) is 54.7 Å². The number of piperazine rings is 1. The Morgan fingerprint density at radius 3 is 2.32 bits per heavy atom. The van der Waals surface area contributed by atoms with Gasteiger partial charge in [-0.25, -0.2) is 4.39 Å². The summed E-state index contributed by atoms with van der Waals surface area (Å²) >= 11 is 0. The van der Waals surface area contributed by atoms with E-state index >= 15 is 0 Å². The van der Waals surface area contributed by atoms with Crippen LogP contribution >= 0.6 is 0 Å². The number of nitrogens with zero attached hydrogens (tertiary/aromatic N) is 2. The predicted octanol–water partition coefficient (Wildman–Crippen LogP) is 2.76. The highest BCUT2D eigenvalue weighted by Gasteiger charge is 2.42. The van der Waals surface area contributed by atoms with Crippen molar-refractivity contribution in [2.24, 2.45) is 0 Å². The minimum Gasteiger partial charge on any atom is -0.361 e. The van der Waals surface area contributed by atoms with Crippen LogP contribution < -0.4 is 0 Å². The number of nitrogens with one attached hydrogen (secondary N) is 1. The number of aromatic amines is 1. The van der Waals surface area contributed by atoms with Crippen molar-refractivity contribution in [1.29, 1.82) is 0 Å². The first-order valence-corrected chi connectivity index (χ1v) is 9.28. The number of likely N-dealkylation sites (N-methyl/N-ethyl adjacent to an activating group) is 2. The number of carbonyl (C=O) groups is 2. The number of benzene rings is 2. The molecule has 1 aliphatic rings. The molecule has 2 amide bonds. The summed E-state index contributed by atoms with van der Waals surface area (Å²) in [5.41, 5.74) is 2.71. The van der Waals surface area contributed by atoms with E-state index in [9.17, 15) is 14.0 Å². The lowest BCUT2D eigenvalue weighted by molar-refractivity contribution is -0.158. The number of H-pyrrole nitrogens is 1. The maximum atomic E-state index is 13.5. The zero-order chi connectivity index (χ0) is 19.8. The number of hydrogen-bond acceptors (Lipinski definition) is 2. The normalized spacial score (nSPS) is 20.2. The van der Waals surface area contributed by atoms with E-state index in [0.717, 1.165) is 16.5 Å². The van der Waals surface area contributed by atoms with Crippen LogP contribution in [-0.4, -0.2) is 52.8 Å². The van der Waals surface area contributed by atoms with E-state index in [-0.39, 0.29) is 17.6 Å². The van der Waals surface area contributed by atoms with E-state index in [1.54, 1.807) is 26.2 Å². The van der Waals surface area contributed by atoms with Crippen LogP contribution in [0.2, 0.25) is 0 Å². The largest absolute Gasteiger partial charge is 0.361 e. The Hall–Kier alpha value is -3.15. The fourth-order valence-electron chi connectivity index (χ4n) is 3.95. The van der Waals surface area contributed by atoms with Gasteiger partial charge in [-0.3, -0.25) is 9.59 Å². The summed E-state index contributed by atoms with van der Waals surface area (Å²) in [5, 5.41) is 1.06. The maximum Gasteiger partial charge on any atom is 0.246 e. The molecule has 0 radical (unpaired) electrons. The Bertz CT molecular complexity index is 1040. The standard InChI is InChI=1S/C22H22FN3O2/c1-25-19(11-14-6-5-7-16(23)10-14)21(27)26(2)20(22(25)28)12-15-13-24-18-9-4-3-8-17(15)18/h3-10,13,19-20,24H,11-12H2,1-2H3/t19-,20-/m0/s1. The average molecular weight is 379 g/mol. The van der Waals surface area contributed by atoms with Gasteiger partial charge < -0.3 is 14.8 Å². The maximum absolute atomic E-state index is 13.5. The van der Waals surface area contributed by atoms with Gasteiger partial charge in [0.2, 0.25) is 11.8 Å². The molecular formula is C22H22FN3O2. The van der Waals surface area contributed by atoms with Gasteiger partial charge in [0.1, 0.15) is 17.9 Å². The highest BCUT2D eigenvalue weighted by molar-refractivity contribution is 5.97. The van der Waals surface area contributed by atoms with Crippen LogP contribution in [-0.2, 0) is 22.4 Å². The minimum absolute atomic E-state index is 0.103. The van der Waals surface area contributed by atoms with Crippen LogP contribution in [0.5, 0.6) is 0 Å². The molecule has 0 saturated carbocycles. The Morgan fingerprint density at radius 1 is 0.929 bits per heavy atom. The van der Waals surface area contributed by atoms with Gasteiger partial charge in [0, 0.05) is 44.0 Å². The molecule has 3 aromatic rings. The quantitative estimate of drug-likeness (QED) is 0.758. The molecule has 2 aromatic carbocycles. The van der Waals surface area contributed by atoms with Crippen molar-refractivity contribution in [2.75, 3.05) is 14.1 Å². The fraction of sp³-hybridized carbons (Fsp3) is 0.273. The Balaban J connectivity index is 1.57. The smallest absolute Gasteiger partial charge is 0.246 e. The van der Waals surface area contributed by atoms with Gasteiger partial charge in [-0.2, -0.15) is 0 Å². The van der Waals surface area contributed by atoms with Crippen LogP contribution in [0.1, 0.15) is 11.1 Å². The zero-order valence-electron chi connectivity index (χ0n) is 15.9. The highest BCUT2D eigenvalue weighted by atomic mass is 19.1. The second-order valence-electron chi connectivity index (χ2n) is 7.33. The monoisotopic (exact) mass is 379 g/mol. The van der Waals surface area contributed by atoms with E-state index in [1.165, 1.54) is 21.9 Å². The van der Waals surface area contributed by atoms with E-state index in [4.69, 9.17) is 0 Å². The van der Waals surface area contributed by atoms with Crippen molar-refractivity contribution in [2.45, 2.75) is 24.9 Å². The Labute approximate surface area is 162 Å². The van der Waals surface area contributed by atoms with Crippen molar-refractivity contribution in [3.05, 3.63) is 71.7 Å². The third kappa shape index (κ3) is 3.15. The lowest BCUT2D eigenvalue weighted by atomic mass is 9.95. The number of carbonyl (C=O) groups excluding carboxylic acids is 2. The van der Waals surface area contributed by atoms with Gasteiger partial charge in [-0.15, -0.1) is 0 Å². The molecule has 1 saturated heterocycles. The molecule has 1 aromatic heterocycles. The molecule has 28 heavy (non-hydrogen) atoms. The lowest BCUT2D eigenvalue weighted by Gasteiger charge is -2.42. The van der Waals surface area contributed by atoms with Crippen LogP contribution in [0, 0.1) is 5.82 Å². The molecule has 2 heterocycles. The first kappa shape index (κ1) is 18.2. The first-order valence-electron chi connectivity index (χ1n) is 9.28. The van der Waals surface area contributed by atoms with Crippen molar-refractivity contribution < 1.29 is 14.0 Å². The van der Waals surface area contributed by atoms with E-state index in [1.807, 2.05) is 30.5 Å². The molecule has 4 rings (SSSR count). The first-order chi connectivity index (χ1) is 13.5. The van der Waals surface area contributed by atoms with Crippen LogP contribution in [0.25, 0.3) is 10.9 Å². The van der Waals surface area contributed by atoms with Crippen molar-refractivity contribution in [3.63, 3.8) is 0 Å². The summed E-state index contributed by atoms with van der Waals surface area (Å²) in [6.07, 6.45) is 2.64. The van der Waals surface area contributed by atoms with Crippen molar-refractivity contribution in [1.82, 2.24) is 14.8 Å². The summed E-state index contributed by atoms with van der Waals surface area (Å²) in [7, 11) is 3.32. The average Bonchev–Trinajstić information content (AvgIpc) is 3.10. The molecular weight excluding hydrogens is 357 g/mol. The zero-order valence-corrected chi connectivity index (χ0v) is 15.9. The summed E-state index contributed by atoms with van der Waals surface area (Å²) in [6.45, 7) is 0. The predicted molar refractivity (Wildman–Crippen MR) is 105 cm³/mol. The second kappa shape index (κ2) is 7.11. The molecule has 1 N–H and O–H groups in total. The number of halogens is 1. The SMILES string of the molecule is CN1C(=O)[C@H](Cc2c[nH]c3ccccc23)N(C)C(=O)[C@@H]1Cc1cccc(F)c1. The third-order valence-electron chi connectivity index (χ3n) is 5.61. The summed E-state index contributed by atoms with van der Waals surface area (Å²) < 4.78 is 13.5. The summed E-state index contributed by atoms with van der Waals surface area (Å²) in [5.74, 6) is -0.578. The van der Waals surface area contributed by atoms with Gasteiger partial charge in [0.15, 0.2) is 0 Å². The molecule has 0 unspecified atom stereocenters. The number of amides is 2. The van der Waals surface area contributed by atoms with Gasteiger partial charge in [-0.1, -0.05) is 30.3 Å². The lowest BCUT2D eigenvalue weighted by Crippen LogP contribution is -2.63. The van der Waals surface area contributed by atoms with Gasteiger partial charge in [0.05, 0.1) is 0 Å². The van der Waals surface area contributed by atoms with Gasteiger partial charge >= 0.3 is 0 Å². The number of para-hydroxylation sites is 1. The molecule has 1 aliphatic heterocycles. The second-order valence-corrected chi connectivity index (χ2v) is 7.33. The highest BCUT2D eigenvalue weighted by Crippen LogP contribution is 2.25. The van der Waals surface area contributed by atoms with E-state index < -0.39 is 12.1 Å². The molecule has 5 nitrogen and oxygen atoms in total. The Morgan fingerprint density at radius 2 is 1.61 bits per heavy atom. The number of hydrogen-bond donors (Lipinski definition) is 1. The molecule has 6 heteroatoms. The molecule has 0 spiro atoms. The van der Waals surface area contributed by atoms with E-state index in [2.05, 4.69) is 4.98 Å². The molecule has 0 aliphatic carbocycles. The topological polar surface area (TPSA) is 56.4 Å². The molecule has 2 atom stereocenters. The number of rotatable bonds is 4. The number of aromatic nitrogens is 1. The summed E-state index contributed by atoms with van der Waals surface area (Å²) in [6, 6.07) is 12.9. The molecule has 0 bridgehead atoms. The van der Waals surface area contributed by atoms with Crippen molar-refractivity contribution in [3.8, 4) is 0 Å². The Kier molecular flexibility index (Phi) is 4.63. The number of fused-ring (bicyclic) bond motifs is 1. The molecule has 1 fully saturated rings. The minimum atomic E-state index is -0.626. The van der Waals surface area contributed by atoms with Gasteiger partial charge in [-0.05, 0) is 29.3 Å². The van der Waals surface area contributed by atoms with Crippen LogP contribution in [0.3, 0.4) is 0 Å². The third-order valence-corrected chi connectivity index (χ3v) is 5.61. The van der Waals surface area contributed by atoms with Gasteiger partial charge in [0.25, 0.3) is 0 Å². The molecule has 144 valence electrons. The van der Waals surface area contributed by atoms with Crippen molar-refractivity contribution >= 4 is 22.7 Å². The fourth-order valence-corrected chi connectivity index (χ4v) is 3.95.